The number of rotatable bonds is 4. The molecule has 3 nitrogen and oxygen atoms in total. The van der Waals surface area contributed by atoms with Gasteiger partial charge in [-0.3, -0.25) is 4.79 Å². The molecule has 0 heterocycles. The zero-order valence-electron chi connectivity index (χ0n) is 10.2. The molecule has 1 aliphatic carbocycles. The van der Waals surface area contributed by atoms with Crippen LogP contribution in [0.1, 0.15) is 46.5 Å². The number of carbonyl (C=O) groups is 1. The van der Waals surface area contributed by atoms with Crippen LogP contribution in [0.15, 0.2) is 0 Å². The molecule has 1 rings (SSSR count). The molecule has 0 saturated heterocycles. The molecule has 3 N–H and O–H groups in total. The number of nitrogens with two attached hydrogens (primary N) is 1. The third-order valence-electron chi connectivity index (χ3n) is 3.29. The molecule has 0 aromatic carbocycles. The van der Waals surface area contributed by atoms with Crippen molar-refractivity contribution in [3.8, 4) is 0 Å². The summed E-state index contributed by atoms with van der Waals surface area (Å²) >= 11 is 0. The molecule has 15 heavy (non-hydrogen) atoms. The molecule has 1 fully saturated rings. The Morgan fingerprint density at radius 1 is 1.47 bits per heavy atom. The number of carbonyl (C=O) groups excluding carboxylic acids is 1. The molecule has 0 bridgehead atoms. The highest BCUT2D eigenvalue weighted by molar-refractivity contribution is 5.82. The maximum atomic E-state index is 11.6. The van der Waals surface area contributed by atoms with E-state index in [1.807, 2.05) is 20.8 Å². The van der Waals surface area contributed by atoms with Crippen LogP contribution in [0.4, 0.5) is 0 Å². The second-order valence-corrected chi connectivity index (χ2v) is 5.72. The van der Waals surface area contributed by atoms with Gasteiger partial charge in [-0.25, -0.2) is 0 Å². The predicted molar refractivity (Wildman–Crippen MR) is 62.4 cm³/mol. The summed E-state index contributed by atoms with van der Waals surface area (Å²) in [5.41, 5.74) is 5.69. The van der Waals surface area contributed by atoms with E-state index < -0.39 is 6.04 Å². The van der Waals surface area contributed by atoms with Crippen molar-refractivity contribution in [2.24, 2.45) is 17.1 Å². The van der Waals surface area contributed by atoms with Crippen molar-refractivity contribution in [3.05, 3.63) is 0 Å². The van der Waals surface area contributed by atoms with Gasteiger partial charge in [0.1, 0.15) is 0 Å². The van der Waals surface area contributed by atoms with Crippen LogP contribution in [-0.2, 0) is 4.79 Å². The fourth-order valence-corrected chi connectivity index (χ4v) is 1.68. The number of hydrogen-bond acceptors (Lipinski definition) is 2. The number of amides is 1. The number of nitrogens with one attached hydrogen (secondary N) is 1. The van der Waals surface area contributed by atoms with Crippen molar-refractivity contribution in [1.82, 2.24) is 5.32 Å². The molecule has 0 radical (unpaired) electrons. The quantitative estimate of drug-likeness (QED) is 0.744. The van der Waals surface area contributed by atoms with Gasteiger partial charge in [0.15, 0.2) is 0 Å². The van der Waals surface area contributed by atoms with Crippen molar-refractivity contribution in [2.45, 2.75) is 52.5 Å². The summed E-state index contributed by atoms with van der Waals surface area (Å²) < 4.78 is 0. The lowest BCUT2D eigenvalue weighted by Gasteiger charge is -2.28. The van der Waals surface area contributed by atoms with Crippen molar-refractivity contribution in [3.63, 3.8) is 0 Å². The molecule has 0 aliphatic heterocycles. The highest BCUT2D eigenvalue weighted by atomic mass is 16.2. The van der Waals surface area contributed by atoms with E-state index in [4.69, 9.17) is 5.73 Å². The molecule has 1 aliphatic rings. The van der Waals surface area contributed by atoms with Crippen molar-refractivity contribution >= 4 is 5.91 Å². The predicted octanol–water partition coefficient (Wildman–Crippen LogP) is 1.67. The molecule has 88 valence electrons. The van der Waals surface area contributed by atoms with Crippen LogP contribution < -0.4 is 11.1 Å². The zero-order valence-corrected chi connectivity index (χ0v) is 10.2. The average Bonchev–Trinajstić information content (AvgIpc) is 2.06. The molecule has 0 aromatic heterocycles. The largest absolute Gasteiger partial charge is 0.355 e. The summed E-state index contributed by atoms with van der Waals surface area (Å²) in [5.74, 6) is 0.831. The normalized spacial score (nSPS) is 19.5. The van der Waals surface area contributed by atoms with Gasteiger partial charge in [-0.15, -0.1) is 0 Å². The van der Waals surface area contributed by atoms with Gasteiger partial charge in [-0.2, -0.15) is 0 Å². The second kappa shape index (κ2) is 4.97. The Bertz CT molecular complexity index is 216. The third kappa shape index (κ3) is 3.82. The minimum absolute atomic E-state index is 0.0122. The summed E-state index contributed by atoms with van der Waals surface area (Å²) in [6, 6.07) is -0.404. The van der Waals surface area contributed by atoms with Crippen LogP contribution in [0, 0.1) is 11.3 Å². The van der Waals surface area contributed by atoms with E-state index in [9.17, 15) is 4.79 Å². The van der Waals surface area contributed by atoms with E-state index in [0.717, 1.165) is 18.9 Å². The fourth-order valence-electron chi connectivity index (χ4n) is 1.68. The summed E-state index contributed by atoms with van der Waals surface area (Å²) in [7, 11) is 0. The highest BCUT2D eigenvalue weighted by Crippen LogP contribution is 2.28. The Balaban J connectivity index is 2.17. The van der Waals surface area contributed by atoms with Crippen LogP contribution in [0.3, 0.4) is 0 Å². The lowest BCUT2D eigenvalue weighted by molar-refractivity contribution is -0.124. The van der Waals surface area contributed by atoms with Crippen molar-refractivity contribution < 1.29 is 4.79 Å². The van der Waals surface area contributed by atoms with E-state index in [0.29, 0.717) is 0 Å². The summed E-state index contributed by atoms with van der Waals surface area (Å²) in [4.78, 5) is 11.6. The standard InChI is InChI=1S/C12H24N2O/c1-12(2,3)10(13)11(15)14-8-7-9-5-4-6-9/h9-10H,4-8,13H2,1-3H3,(H,14,15)/t10-/m1/s1. The molecule has 3 heteroatoms. The highest BCUT2D eigenvalue weighted by Gasteiger charge is 2.27. The molecular formula is C12H24N2O. The Morgan fingerprint density at radius 3 is 2.47 bits per heavy atom. The zero-order chi connectivity index (χ0) is 11.5. The Morgan fingerprint density at radius 2 is 2.07 bits per heavy atom. The van der Waals surface area contributed by atoms with Gasteiger partial charge in [0.2, 0.25) is 5.91 Å². The first-order valence-corrected chi connectivity index (χ1v) is 5.94. The lowest BCUT2D eigenvalue weighted by atomic mass is 9.83. The Hall–Kier alpha value is -0.570. The fraction of sp³-hybridized carbons (Fsp3) is 0.917. The molecule has 1 atom stereocenters. The first-order chi connectivity index (χ1) is 6.91. The summed E-state index contributed by atoms with van der Waals surface area (Å²) in [6.07, 6.45) is 5.14. The first-order valence-electron chi connectivity index (χ1n) is 5.94. The topological polar surface area (TPSA) is 55.1 Å². The van der Waals surface area contributed by atoms with E-state index in [1.165, 1.54) is 19.3 Å². The van der Waals surface area contributed by atoms with Gasteiger partial charge in [-0.05, 0) is 17.8 Å². The maximum absolute atomic E-state index is 11.6. The molecule has 1 amide bonds. The van der Waals surface area contributed by atoms with E-state index in [2.05, 4.69) is 5.32 Å². The van der Waals surface area contributed by atoms with Crippen molar-refractivity contribution in [2.75, 3.05) is 6.54 Å². The van der Waals surface area contributed by atoms with Crippen molar-refractivity contribution in [1.29, 1.82) is 0 Å². The van der Waals surface area contributed by atoms with E-state index in [1.54, 1.807) is 0 Å². The van der Waals surface area contributed by atoms with Gasteiger partial charge in [0.25, 0.3) is 0 Å². The van der Waals surface area contributed by atoms with E-state index in [-0.39, 0.29) is 11.3 Å². The van der Waals surface area contributed by atoms with Crippen LogP contribution in [0.5, 0.6) is 0 Å². The Labute approximate surface area is 92.8 Å². The molecule has 0 spiro atoms. The van der Waals surface area contributed by atoms with Crippen LogP contribution in [0.25, 0.3) is 0 Å². The van der Waals surface area contributed by atoms with Gasteiger partial charge in [0.05, 0.1) is 6.04 Å². The number of hydrogen-bond donors (Lipinski definition) is 2. The minimum Gasteiger partial charge on any atom is -0.355 e. The molecular weight excluding hydrogens is 188 g/mol. The lowest BCUT2D eigenvalue weighted by Crippen LogP contribution is -2.49. The van der Waals surface area contributed by atoms with Gasteiger partial charge in [-0.1, -0.05) is 40.0 Å². The summed E-state index contributed by atoms with van der Waals surface area (Å²) in [5, 5.41) is 2.92. The monoisotopic (exact) mass is 212 g/mol. The molecule has 1 saturated carbocycles. The summed E-state index contributed by atoms with van der Waals surface area (Å²) in [6.45, 7) is 6.75. The SMILES string of the molecule is CC(C)(C)[C@H](N)C(=O)NCCC1CCC1. The smallest absolute Gasteiger partial charge is 0.237 e. The average molecular weight is 212 g/mol. The van der Waals surface area contributed by atoms with Crippen LogP contribution in [-0.4, -0.2) is 18.5 Å². The van der Waals surface area contributed by atoms with Gasteiger partial charge in [0, 0.05) is 6.54 Å². The first kappa shape index (κ1) is 12.5. The van der Waals surface area contributed by atoms with Gasteiger partial charge >= 0.3 is 0 Å². The minimum atomic E-state index is -0.404. The maximum Gasteiger partial charge on any atom is 0.237 e. The van der Waals surface area contributed by atoms with Crippen LogP contribution in [0.2, 0.25) is 0 Å². The van der Waals surface area contributed by atoms with Crippen LogP contribution >= 0.6 is 0 Å². The second-order valence-electron chi connectivity index (χ2n) is 5.72. The van der Waals surface area contributed by atoms with E-state index >= 15 is 0 Å². The molecule has 0 aromatic rings. The van der Waals surface area contributed by atoms with Gasteiger partial charge < -0.3 is 11.1 Å². The third-order valence-corrected chi connectivity index (χ3v) is 3.29. The molecule has 0 unspecified atom stereocenters. The Kier molecular flexibility index (Phi) is 4.14.